The fraction of sp³-hybridized carbons (Fsp3) is 0.300. The highest BCUT2D eigenvalue weighted by Crippen LogP contribution is 2.25. The zero-order valence-corrected chi connectivity index (χ0v) is 21.8. The molecule has 0 saturated heterocycles. The molecule has 4 aliphatic heterocycles. The van der Waals surface area contributed by atoms with Crippen LogP contribution in [0.5, 0.6) is 11.5 Å². The van der Waals surface area contributed by atoms with Gasteiger partial charge in [0.1, 0.15) is 17.5 Å². The highest BCUT2D eigenvalue weighted by molar-refractivity contribution is 6.38. The van der Waals surface area contributed by atoms with Crippen LogP contribution in [0.25, 0.3) is 16.7 Å². The lowest BCUT2D eigenvalue weighted by molar-refractivity contribution is -0.139. The molecule has 2 aromatic heterocycles. The standard InChI is InChI=1S/C30H29N5O5/c36-27(30(38)33-21-7-8-21)25-16-19-5-9-22(10-6-19)39-14-1-2-15-40-23-11-12-26-20(17-23)18-32-35(26)28-24(29(37)34-25)4-3-13-31-28/h3-6,9-13,17-18,21,25H,1-2,7-8,14-16H2,(H,33,38)(H,34,37). The van der Waals surface area contributed by atoms with Gasteiger partial charge in [-0.25, -0.2) is 9.67 Å². The molecule has 6 bridgehead atoms. The minimum Gasteiger partial charge on any atom is -0.494 e. The van der Waals surface area contributed by atoms with Crippen molar-refractivity contribution in [1.29, 1.82) is 0 Å². The largest absolute Gasteiger partial charge is 0.494 e. The van der Waals surface area contributed by atoms with Crippen LogP contribution in [0.1, 0.15) is 41.6 Å². The van der Waals surface area contributed by atoms with E-state index in [1.54, 1.807) is 29.2 Å². The molecule has 1 atom stereocenters. The number of pyridine rings is 1. The van der Waals surface area contributed by atoms with Gasteiger partial charge >= 0.3 is 0 Å². The molecule has 9 rings (SSSR count). The lowest BCUT2D eigenvalue weighted by atomic mass is 10.0. The molecule has 5 aliphatic rings. The first kappa shape index (κ1) is 25.5. The van der Waals surface area contributed by atoms with Gasteiger partial charge in [0.05, 0.1) is 30.5 Å². The minimum absolute atomic E-state index is 0.0178. The summed E-state index contributed by atoms with van der Waals surface area (Å²) < 4.78 is 13.4. The van der Waals surface area contributed by atoms with E-state index in [1.807, 2.05) is 42.5 Å². The monoisotopic (exact) mass is 539 g/mol. The van der Waals surface area contributed by atoms with Gasteiger partial charge in [-0.2, -0.15) is 5.10 Å². The van der Waals surface area contributed by atoms with Crippen molar-refractivity contribution in [2.75, 3.05) is 13.2 Å². The molecule has 1 saturated carbocycles. The smallest absolute Gasteiger partial charge is 0.289 e. The van der Waals surface area contributed by atoms with E-state index < -0.39 is 23.6 Å². The van der Waals surface area contributed by atoms with Crippen LogP contribution in [0, 0.1) is 0 Å². The number of ketones is 1. The van der Waals surface area contributed by atoms with Gasteiger partial charge in [-0.05, 0) is 73.7 Å². The molecule has 0 radical (unpaired) electrons. The summed E-state index contributed by atoms with van der Waals surface area (Å²) in [6.45, 7) is 1.09. The van der Waals surface area contributed by atoms with Crippen molar-refractivity contribution in [3.05, 3.63) is 78.1 Å². The molecule has 2 aromatic carbocycles. The Labute approximate surface area is 230 Å². The average molecular weight is 540 g/mol. The highest BCUT2D eigenvalue weighted by atomic mass is 16.5. The van der Waals surface area contributed by atoms with Crippen LogP contribution in [0.4, 0.5) is 0 Å². The fourth-order valence-corrected chi connectivity index (χ4v) is 4.64. The quantitative estimate of drug-likeness (QED) is 0.383. The van der Waals surface area contributed by atoms with E-state index in [0.29, 0.717) is 24.8 Å². The summed E-state index contributed by atoms with van der Waals surface area (Å²) >= 11 is 0. The molecular formula is C30H29N5O5. The molecule has 40 heavy (non-hydrogen) atoms. The fourth-order valence-electron chi connectivity index (χ4n) is 4.64. The first-order valence-electron chi connectivity index (χ1n) is 13.5. The molecule has 1 aliphatic carbocycles. The van der Waals surface area contributed by atoms with Crippen molar-refractivity contribution in [3.63, 3.8) is 0 Å². The Hall–Kier alpha value is -4.73. The maximum Gasteiger partial charge on any atom is 0.289 e. The number of amides is 2. The average Bonchev–Trinajstić information content (AvgIpc) is 3.69. The van der Waals surface area contributed by atoms with Gasteiger partial charge in [-0.3, -0.25) is 14.4 Å². The molecule has 204 valence electrons. The molecule has 10 nitrogen and oxygen atoms in total. The van der Waals surface area contributed by atoms with Crippen molar-refractivity contribution in [3.8, 4) is 17.3 Å². The number of nitrogens with zero attached hydrogens (tertiary/aromatic N) is 3. The number of nitrogens with one attached hydrogen (secondary N) is 2. The van der Waals surface area contributed by atoms with Crippen LogP contribution >= 0.6 is 0 Å². The van der Waals surface area contributed by atoms with E-state index in [0.717, 1.165) is 47.9 Å². The molecular weight excluding hydrogens is 510 g/mol. The summed E-state index contributed by atoms with van der Waals surface area (Å²) in [5, 5.41) is 10.9. The van der Waals surface area contributed by atoms with Crippen LogP contribution in [0.2, 0.25) is 0 Å². The Kier molecular flexibility index (Phi) is 7.13. The minimum atomic E-state index is -1.07. The molecule has 6 heterocycles. The van der Waals surface area contributed by atoms with Crippen LogP contribution in [0.3, 0.4) is 0 Å². The Morgan fingerprint density at radius 3 is 2.50 bits per heavy atom. The van der Waals surface area contributed by atoms with Gasteiger partial charge in [-0.1, -0.05) is 12.1 Å². The lowest BCUT2D eigenvalue weighted by Gasteiger charge is -2.19. The zero-order chi connectivity index (χ0) is 27.5. The number of ether oxygens (including phenoxy) is 2. The van der Waals surface area contributed by atoms with Gasteiger partial charge in [0.25, 0.3) is 11.8 Å². The number of hydrogen-bond acceptors (Lipinski definition) is 7. The maximum atomic E-state index is 13.6. The number of aromatic nitrogens is 3. The zero-order valence-electron chi connectivity index (χ0n) is 21.8. The van der Waals surface area contributed by atoms with Gasteiger partial charge in [0, 0.05) is 24.0 Å². The third-order valence-corrected chi connectivity index (χ3v) is 6.97. The SMILES string of the molecule is O=C(NC1CC1)C(=O)C1Cc2ccc(cc2)OCCCCOc2ccc3c(cnn3-c3ncccc3C(=O)N1)c2. The summed E-state index contributed by atoms with van der Waals surface area (Å²) in [6.07, 6.45) is 6.76. The summed E-state index contributed by atoms with van der Waals surface area (Å²) in [5.41, 5.74) is 1.75. The van der Waals surface area contributed by atoms with E-state index in [-0.39, 0.29) is 18.0 Å². The van der Waals surface area contributed by atoms with E-state index in [4.69, 9.17) is 9.47 Å². The Morgan fingerprint density at radius 2 is 1.73 bits per heavy atom. The molecule has 2 N–H and O–H groups in total. The summed E-state index contributed by atoms with van der Waals surface area (Å²) in [4.78, 5) is 44.0. The van der Waals surface area contributed by atoms with Crippen molar-refractivity contribution >= 4 is 28.5 Å². The number of Topliss-reactive ketones (excluding diaryl/α,β-unsaturated/α-hetero) is 1. The van der Waals surface area contributed by atoms with E-state index in [1.165, 1.54) is 0 Å². The predicted octanol–water partition coefficient (Wildman–Crippen LogP) is 3.16. The molecule has 1 unspecified atom stereocenters. The molecule has 1 fully saturated rings. The summed E-state index contributed by atoms with van der Waals surface area (Å²) in [5.74, 6) is -0.183. The molecule has 4 aromatic rings. The number of carbonyl (C=O) groups excluding carboxylic acids is 3. The van der Waals surface area contributed by atoms with Crippen LogP contribution < -0.4 is 20.1 Å². The first-order chi connectivity index (χ1) is 19.5. The maximum absolute atomic E-state index is 13.6. The Balaban J connectivity index is 1.36. The van der Waals surface area contributed by atoms with E-state index in [9.17, 15) is 14.4 Å². The third-order valence-electron chi connectivity index (χ3n) is 6.97. The van der Waals surface area contributed by atoms with Crippen LogP contribution in [-0.2, 0) is 16.0 Å². The molecule has 0 spiro atoms. The Morgan fingerprint density at radius 1 is 0.975 bits per heavy atom. The highest BCUT2D eigenvalue weighted by Gasteiger charge is 2.32. The van der Waals surface area contributed by atoms with Crippen molar-refractivity contribution in [1.82, 2.24) is 25.4 Å². The second-order valence-corrected chi connectivity index (χ2v) is 10.0. The topological polar surface area (TPSA) is 124 Å². The molecule has 10 heteroatoms. The van der Waals surface area contributed by atoms with E-state index >= 15 is 0 Å². The number of benzene rings is 2. The van der Waals surface area contributed by atoms with Crippen molar-refractivity contribution in [2.45, 2.75) is 44.2 Å². The van der Waals surface area contributed by atoms with Gasteiger partial charge in [0.15, 0.2) is 5.82 Å². The number of rotatable bonds is 3. The predicted molar refractivity (Wildman–Crippen MR) is 147 cm³/mol. The van der Waals surface area contributed by atoms with E-state index in [2.05, 4.69) is 20.7 Å². The Bertz CT molecular complexity index is 1560. The normalized spacial score (nSPS) is 17.8. The van der Waals surface area contributed by atoms with Crippen molar-refractivity contribution in [2.24, 2.45) is 0 Å². The van der Waals surface area contributed by atoms with Crippen LogP contribution in [-0.4, -0.2) is 57.7 Å². The summed E-state index contributed by atoms with van der Waals surface area (Å²) in [7, 11) is 0. The number of hydrogen-bond donors (Lipinski definition) is 2. The second-order valence-electron chi connectivity index (χ2n) is 10.0. The van der Waals surface area contributed by atoms with Crippen molar-refractivity contribution < 1.29 is 23.9 Å². The number of carbonyl (C=O) groups is 3. The van der Waals surface area contributed by atoms with Crippen LogP contribution in [0.15, 0.2) is 67.0 Å². The van der Waals surface area contributed by atoms with Gasteiger partial charge in [0.2, 0.25) is 5.78 Å². The van der Waals surface area contributed by atoms with Gasteiger partial charge in [-0.15, -0.1) is 0 Å². The third kappa shape index (κ3) is 5.66. The second kappa shape index (κ2) is 11.2. The lowest BCUT2D eigenvalue weighted by Crippen LogP contribution is -2.49. The van der Waals surface area contributed by atoms with Gasteiger partial charge < -0.3 is 20.1 Å². The summed E-state index contributed by atoms with van der Waals surface area (Å²) in [6, 6.07) is 15.2. The first-order valence-corrected chi connectivity index (χ1v) is 13.5. The molecule has 2 amide bonds.